The Morgan fingerprint density at radius 1 is 0.568 bits per heavy atom. The molecule has 0 aliphatic carbocycles. The van der Waals surface area contributed by atoms with Crippen LogP contribution in [-0.4, -0.2) is 18.7 Å². The number of rotatable bonds is 4. The van der Waals surface area contributed by atoms with Crippen molar-refractivity contribution in [2.75, 3.05) is 7.05 Å². The van der Waals surface area contributed by atoms with E-state index in [0.29, 0.717) is 11.7 Å². The van der Waals surface area contributed by atoms with Gasteiger partial charge in [-0.2, -0.15) is 0 Å². The molecule has 0 aliphatic rings. The number of furan rings is 1. The van der Waals surface area contributed by atoms with Crippen molar-refractivity contribution >= 4 is 33.6 Å². The molecule has 2 N–H and O–H groups in total. The average Bonchev–Trinajstić information content (AvgIpc) is 3.34. The Morgan fingerprint density at radius 3 is 1.81 bits per heavy atom. The lowest BCUT2D eigenvalue weighted by molar-refractivity contribution is 0.669. The zero-order chi connectivity index (χ0) is 25.2. The Kier molecular flexibility index (Phi) is 5.83. The SMILES string of the molecule is CN=C(N=C(N)c1ccc2c(c1)oc1ccccc12)c1cc(-c2ccccc2)cc(-c2ccccc2)c1. The average molecular weight is 480 g/mol. The van der Waals surface area contributed by atoms with Crippen LogP contribution in [0, 0.1) is 0 Å². The molecule has 0 spiro atoms. The Balaban J connectivity index is 1.43. The van der Waals surface area contributed by atoms with Crippen molar-refractivity contribution in [2.45, 2.75) is 0 Å². The maximum absolute atomic E-state index is 6.52. The van der Waals surface area contributed by atoms with E-state index in [1.807, 2.05) is 72.8 Å². The van der Waals surface area contributed by atoms with Crippen LogP contribution in [0.3, 0.4) is 0 Å². The fourth-order valence-electron chi connectivity index (χ4n) is 4.66. The van der Waals surface area contributed by atoms with Crippen molar-refractivity contribution in [1.82, 2.24) is 0 Å². The monoisotopic (exact) mass is 479 g/mol. The second-order valence-electron chi connectivity index (χ2n) is 8.88. The zero-order valence-corrected chi connectivity index (χ0v) is 20.4. The molecule has 0 atom stereocenters. The van der Waals surface area contributed by atoms with Crippen LogP contribution in [0.5, 0.6) is 0 Å². The number of aliphatic imine (C=N–C) groups is 2. The third kappa shape index (κ3) is 4.41. The molecular formula is C33H25N3O. The lowest BCUT2D eigenvalue weighted by atomic mass is 9.95. The molecule has 37 heavy (non-hydrogen) atoms. The molecule has 0 radical (unpaired) electrons. The summed E-state index contributed by atoms with van der Waals surface area (Å²) < 4.78 is 6.05. The van der Waals surface area contributed by atoms with Crippen molar-refractivity contribution in [1.29, 1.82) is 0 Å². The van der Waals surface area contributed by atoms with Gasteiger partial charge in [-0.3, -0.25) is 4.99 Å². The van der Waals surface area contributed by atoms with E-state index >= 15 is 0 Å². The first-order chi connectivity index (χ1) is 18.2. The number of nitrogens with zero attached hydrogens (tertiary/aromatic N) is 2. The maximum atomic E-state index is 6.52. The summed E-state index contributed by atoms with van der Waals surface area (Å²) in [5, 5.41) is 2.14. The number of hydrogen-bond acceptors (Lipinski definition) is 2. The fourth-order valence-corrected chi connectivity index (χ4v) is 4.66. The molecule has 0 saturated carbocycles. The standard InChI is InChI=1S/C33H25N3O/c1-35-33(36-32(34)24-16-17-29-28-14-8-9-15-30(28)37-31(29)21-24)27-19-25(22-10-4-2-5-11-22)18-26(20-27)23-12-6-3-7-13-23/h2-21H,1H3,(H2,34,35,36). The van der Waals surface area contributed by atoms with E-state index in [-0.39, 0.29) is 0 Å². The van der Waals surface area contributed by atoms with Crippen LogP contribution in [0.4, 0.5) is 0 Å². The van der Waals surface area contributed by atoms with Crippen molar-refractivity contribution in [3.8, 4) is 22.3 Å². The minimum absolute atomic E-state index is 0.384. The summed E-state index contributed by atoms with van der Waals surface area (Å²) in [6.45, 7) is 0. The molecule has 178 valence electrons. The number of fused-ring (bicyclic) bond motifs is 3. The highest BCUT2D eigenvalue weighted by molar-refractivity contribution is 6.13. The van der Waals surface area contributed by atoms with Gasteiger partial charge in [-0.05, 0) is 58.7 Å². The van der Waals surface area contributed by atoms with Crippen molar-refractivity contribution in [2.24, 2.45) is 15.7 Å². The van der Waals surface area contributed by atoms with Gasteiger partial charge in [0.25, 0.3) is 0 Å². The van der Waals surface area contributed by atoms with Gasteiger partial charge < -0.3 is 10.2 Å². The molecule has 0 saturated heterocycles. The normalized spacial score (nSPS) is 12.4. The highest BCUT2D eigenvalue weighted by Crippen LogP contribution is 2.30. The molecule has 0 unspecified atom stereocenters. The lowest BCUT2D eigenvalue weighted by Crippen LogP contribution is -2.16. The molecule has 0 fully saturated rings. The number of hydrogen-bond donors (Lipinski definition) is 1. The molecule has 6 aromatic rings. The second-order valence-corrected chi connectivity index (χ2v) is 8.88. The Labute approximate surface area is 215 Å². The summed E-state index contributed by atoms with van der Waals surface area (Å²) in [6.07, 6.45) is 0. The van der Waals surface area contributed by atoms with Crippen molar-refractivity contribution < 1.29 is 4.42 Å². The Morgan fingerprint density at radius 2 is 1.16 bits per heavy atom. The molecule has 1 aromatic heterocycles. The van der Waals surface area contributed by atoms with Crippen LogP contribution >= 0.6 is 0 Å². The molecule has 6 rings (SSSR count). The van der Waals surface area contributed by atoms with E-state index in [9.17, 15) is 0 Å². The first-order valence-corrected chi connectivity index (χ1v) is 12.2. The number of amidine groups is 2. The molecule has 0 aliphatic heterocycles. The fraction of sp³-hybridized carbons (Fsp3) is 0.0303. The van der Waals surface area contributed by atoms with Crippen molar-refractivity contribution in [3.05, 3.63) is 132 Å². The number of benzene rings is 5. The minimum Gasteiger partial charge on any atom is -0.456 e. The predicted octanol–water partition coefficient (Wildman–Crippen LogP) is 7.70. The molecule has 0 bridgehead atoms. The maximum Gasteiger partial charge on any atom is 0.156 e. The van der Waals surface area contributed by atoms with Gasteiger partial charge in [0, 0.05) is 28.9 Å². The van der Waals surface area contributed by atoms with Crippen LogP contribution < -0.4 is 5.73 Å². The molecule has 0 amide bonds. The molecule has 4 heteroatoms. The van der Waals surface area contributed by atoms with E-state index in [4.69, 9.17) is 15.1 Å². The third-order valence-electron chi connectivity index (χ3n) is 6.52. The minimum atomic E-state index is 0.384. The molecule has 1 heterocycles. The Bertz CT molecular complexity index is 1720. The van der Waals surface area contributed by atoms with Crippen LogP contribution in [0.15, 0.2) is 136 Å². The van der Waals surface area contributed by atoms with Crippen LogP contribution in [0.2, 0.25) is 0 Å². The summed E-state index contributed by atoms with van der Waals surface area (Å²) in [5.74, 6) is 0.950. The summed E-state index contributed by atoms with van der Waals surface area (Å²) in [4.78, 5) is 9.28. The number of para-hydroxylation sites is 1. The second kappa shape index (κ2) is 9.59. The van der Waals surface area contributed by atoms with Gasteiger partial charge in [-0.25, -0.2) is 4.99 Å². The van der Waals surface area contributed by atoms with Crippen molar-refractivity contribution in [3.63, 3.8) is 0 Å². The topological polar surface area (TPSA) is 63.9 Å². The van der Waals surface area contributed by atoms with Gasteiger partial charge in [-0.1, -0.05) is 84.9 Å². The Hall–Kier alpha value is -4.96. The molecule has 5 aromatic carbocycles. The summed E-state index contributed by atoms with van der Waals surface area (Å²) in [5.41, 5.74) is 14.3. The smallest absolute Gasteiger partial charge is 0.156 e. The van der Waals surface area contributed by atoms with Gasteiger partial charge in [0.1, 0.15) is 17.0 Å². The molecule has 4 nitrogen and oxygen atoms in total. The largest absolute Gasteiger partial charge is 0.456 e. The number of nitrogens with two attached hydrogens (primary N) is 1. The highest BCUT2D eigenvalue weighted by atomic mass is 16.3. The predicted molar refractivity (Wildman–Crippen MR) is 154 cm³/mol. The quantitative estimate of drug-likeness (QED) is 0.208. The summed E-state index contributed by atoms with van der Waals surface area (Å²) in [7, 11) is 1.74. The van der Waals surface area contributed by atoms with Gasteiger partial charge >= 0.3 is 0 Å². The van der Waals surface area contributed by atoms with Crippen LogP contribution in [0.25, 0.3) is 44.2 Å². The first-order valence-electron chi connectivity index (χ1n) is 12.2. The molecular weight excluding hydrogens is 454 g/mol. The van der Waals surface area contributed by atoms with E-state index in [2.05, 4.69) is 53.5 Å². The van der Waals surface area contributed by atoms with Crippen LogP contribution in [0.1, 0.15) is 11.1 Å². The third-order valence-corrected chi connectivity index (χ3v) is 6.52. The zero-order valence-electron chi connectivity index (χ0n) is 20.4. The van der Waals surface area contributed by atoms with E-state index in [1.165, 1.54) is 0 Å². The van der Waals surface area contributed by atoms with Gasteiger partial charge in [0.15, 0.2) is 5.84 Å². The van der Waals surface area contributed by atoms with E-state index in [1.54, 1.807) is 7.05 Å². The van der Waals surface area contributed by atoms with Gasteiger partial charge in [0.05, 0.1) is 0 Å². The van der Waals surface area contributed by atoms with Crippen LogP contribution in [-0.2, 0) is 0 Å². The lowest BCUT2D eigenvalue weighted by Gasteiger charge is -2.11. The summed E-state index contributed by atoms with van der Waals surface area (Å²) >= 11 is 0. The van der Waals surface area contributed by atoms with E-state index in [0.717, 1.165) is 55.3 Å². The van der Waals surface area contributed by atoms with Gasteiger partial charge in [-0.15, -0.1) is 0 Å². The first kappa shape index (κ1) is 22.5. The summed E-state index contributed by atoms with van der Waals surface area (Å²) in [6, 6.07) is 41.0. The van der Waals surface area contributed by atoms with E-state index < -0.39 is 0 Å². The van der Waals surface area contributed by atoms with Gasteiger partial charge in [0.2, 0.25) is 0 Å². The highest BCUT2D eigenvalue weighted by Gasteiger charge is 2.12.